The molecule has 1 aliphatic rings. The molecule has 1 unspecified atom stereocenters. The number of aryl methyl sites for hydroxylation is 1. The van der Waals surface area contributed by atoms with Gasteiger partial charge in [-0.3, -0.25) is 4.79 Å². The Morgan fingerprint density at radius 1 is 1.12 bits per heavy atom. The van der Waals surface area contributed by atoms with E-state index in [2.05, 4.69) is 0 Å². The second-order valence-electron chi connectivity index (χ2n) is 6.25. The number of benzene rings is 2. The van der Waals surface area contributed by atoms with Gasteiger partial charge >= 0.3 is 0 Å². The van der Waals surface area contributed by atoms with E-state index in [-0.39, 0.29) is 5.91 Å². The largest absolute Gasteiger partial charge is 0.486 e. The van der Waals surface area contributed by atoms with Crippen molar-refractivity contribution >= 4 is 5.91 Å². The summed E-state index contributed by atoms with van der Waals surface area (Å²) in [4.78, 5) is 14.2. The number of carbonyl (C=O) groups excluding carboxylic acids is 1. The minimum absolute atomic E-state index is 0.0736. The number of carbonyl (C=O) groups is 1. The number of hydrogen-bond donors (Lipinski definition) is 0. The maximum Gasteiger partial charge on any atom is 0.263 e. The molecule has 0 spiro atoms. The van der Waals surface area contributed by atoms with Crippen molar-refractivity contribution in [3.8, 4) is 17.2 Å². The fourth-order valence-corrected chi connectivity index (χ4v) is 2.72. The fourth-order valence-electron chi connectivity index (χ4n) is 2.72. The summed E-state index contributed by atoms with van der Waals surface area (Å²) in [6, 6.07) is 13.4. The predicted octanol–water partition coefficient (Wildman–Crippen LogP) is 3.19. The van der Waals surface area contributed by atoms with Crippen LogP contribution in [-0.4, -0.2) is 37.2 Å². The zero-order chi connectivity index (χ0) is 17.8. The molecule has 1 amide bonds. The molecule has 132 valence electrons. The molecule has 5 nitrogen and oxygen atoms in total. The number of rotatable bonds is 5. The third-order valence-corrected chi connectivity index (χ3v) is 4.08. The first-order chi connectivity index (χ1) is 12.0. The molecular formula is C20H23NO4. The van der Waals surface area contributed by atoms with Crippen molar-refractivity contribution in [2.24, 2.45) is 0 Å². The summed E-state index contributed by atoms with van der Waals surface area (Å²) in [6.07, 6.45) is -0.551. The van der Waals surface area contributed by atoms with Gasteiger partial charge in [0.05, 0.1) is 0 Å². The standard InChI is InChI=1S/C20H23NO4/c1-14-4-7-17(8-5-14)25-15(2)20(22)21(3)13-16-6-9-18-19(12-16)24-11-10-23-18/h4-9,12,15H,10-11,13H2,1-3H3. The lowest BCUT2D eigenvalue weighted by Gasteiger charge is -2.23. The van der Waals surface area contributed by atoms with Gasteiger partial charge in [-0.1, -0.05) is 23.8 Å². The lowest BCUT2D eigenvalue weighted by atomic mass is 10.1. The van der Waals surface area contributed by atoms with Crippen LogP contribution >= 0.6 is 0 Å². The topological polar surface area (TPSA) is 48.0 Å². The van der Waals surface area contributed by atoms with E-state index >= 15 is 0 Å². The average Bonchev–Trinajstić information content (AvgIpc) is 2.62. The molecule has 25 heavy (non-hydrogen) atoms. The van der Waals surface area contributed by atoms with E-state index in [0.29, 0.717) is 25.5 Å². The Morgan fingerprint density at radius 3 is 2.52 bits per heavy atom. The summed E-state index contributed by atoms with van der Waals surface area (Å²) in [5.41, 5.74) is 2.14. The Labute approximate surface area is 148 Å². The number of fused-ring (bicyclic) bond motifs is 1. The van der Waals surface area contributed by atoms with Crippen molar-refractivity contribution in [3.05, 3.63) is 53.6 Å². The predicted molar refractivity (Wildman–Crippen MR) is 95.2 cm³/mol. The number of amides is 1. The third-order valence-electron chi connectivity index (χ3n) is 4.08. The average molecular weight is 341 g/mol. The molecule has 0 N–H and O–H groups in total. The summed E-state index contributed by atoms with van der Waals surface area (Å²) >= 11 is 0. The first-order valence-corrected chi connectivity index (χ1v) is 8.40. The van der Waals surface area contributed by atoms with Crippen molar-refractivity contribution in [2.45, 2.75) is 26.5 Å². The molecule has 5 heteroatoms. The van der Waals surface area contributed by atoms with E-state index in [4.69, 9.17) is 14.2 Å². The van der Waals surface area contributed by atoms with Gasteiger partial charge in [-0.15, -0.1) is 0 Å². The molecule has 0 fully saturated rings. The van der Waals surface area contributed by atoms with Crippen molar-refractivity contribution in [3.63, 3.8) is 0 Å². The molecule has 0 saturated carbocycles. The van der Waals surface area contributed by atoms with Gasteiger partial charge in [0.25, 0.3) is 5.91 Å². The molecule has 1 aliphatic heterocycles. The van der Waals surface area contributed by atoms with Crippen LogP contribution in [0.3, 0.4) is 0 Å². The Hall–Kier alpha value is -2.69. The number of hydrogen-bond acceptors (Lipinski definition) is 4. The molecule has 0 radical (unpaired) electrons. The molecule has 2 aromatic rings. The summed E-state index contributed by atoms with van der Waals surface area (Å²) < 4.78 is 16.9. The maximum absolute atomic E-state index is 12.6. The molecule has 0 bridgehead atoms. The van der Waals surface area contributed by atoms with E-state index in [0.717, 1.165) is 22.6 Å². The highest BCUT2D eigenvalue weighted by Crippen LogP contribution is 2.31. The van der Waals surface area contributed by atoms with Crippen molar-refractivity contribution in [2.75, 3.05) is 20.3 Å². The van der Waals surface area contributed by atoms with Crippen molar-refractivity contribution in [1.82, 2.24) is 4.90 Å². The Balaban J connectivity index is 1.60. The highest BCUT2D eigenvalue weighted by Gasteiger charge is 2.20. The van der Waals surface area contributed by atoms with Gasteiger partial charge < -0.3 is 19.1 Å². The molecular weight excluding hydrogens is 318 g/mol. The highest BCUT2D eigenvalue weighted by atomic mass is 16.6. The SMILES string of the molecule is Cc1ccc(OC(C)C(=O)N(C)Cc2ccc3c(c2)OCCO3)cc1. The van der Waals surface area contributed by atoms with Gasteiger partial charge in [0, 0.05) is 13.6 Å². The zero-order valence-corrected chi connectivity index (χ0v) is 14.8. The molecule has 3 rings (SSSR count). The van der Waals surface area contributed by atoms with Crippen LogP contribution in [0.5, 0.6) is 17.2 Å². The summed E-state index contributed by atoms with van der Waals surface area (Å²) in [5.74, 6) is 2.10. The van der Waals surface area contributed by atoms with Gasteiger partial charge in [-0.05, 0) is 43.7 Å². The molecule has 1 atom stereocenters. The zero-order valence-electron chi connectivity index (χ0n) is 14.8. The van der Waals surface area contributed by atoms with E-state index < -0.39 is 6.10 Å². The van der Waals surface area contributed by atoms with E-state index in [9.17, 15) is 4.79 Å². The van der Waals surface area contributed by atoms with Crippen LogP contribution < -0.4 is 14.2 Å². The smallest absolute Gasteiger partial charge is 0.263 e. The number of ether oxygens (including phenoxy) is 3. The Bertz CT molecular complexity index is 742. The molecule has 2 aromatic carbocycles. The van der Waals surface area contributed by atoms with E-state index in [1.165, 1.54) is 0 Å². The van der Waals surface area contributed by atoms with E-state index in [1.54, 1.807) is 18.9 Å². The van der Waals surface area contributed by atoms with Gasteiger partial charge in [0.2, 0.25) is 0 Å². The first kappa shape index (κ1) is 17.1. The van der Waals surface area contributed by atoms with Crippen LogP contribution in [0.1, 0.15) is 18.1 Å². The summed E-state index contributed by atoms with van der Waals surface area (Å²) in [7, 11) is 1.77. The van der Waals surface area contributed by atoms with Gasteiger partial charge in [0.15, 0.2) is 17.6 Å². The van der Waals surface area contributed by atoms with Crippen LogP contribution in [0.15, 0.2) is 42.5 Å². The number of nitrogens with zero attached hydrogens (tertiary/aromatic N) is 1. The third kappa shape index (κ3) is 4.24. The normalized spacial score (nSPS) is 13.9. The fraction of sp³-hybridized carbons (Fsp3) is 0.350. The molecule has 0 aromatic heterocycles. The quantitative estimate of drug-likeness (QED) is 0.838. The Kier molecular flexibility index (Phi) is 5.12. The lowest BCUT2D eigenvalue weighted by molar-refractivity contribution is -0.137. The first-order valence-electron chi connectivity index (χ1n) is 8.40. The van der Waals surface area contributed by atoms with Crippen LogP contribution in [0.25, 0.3) is 0 Å². The maximum atomic E-state index is 12.6. The van der Waals surface area contributed by atoms with Gasteiger partial charge in [0.1, 0.15) is 19.0 Å². The van der Waals surface area contributed by atoms with Crippen LogP contribution in [0, 0.1) is 6.92 Å². The Morgan fingerprint density at radius 2 is 1.80 bits per heavy atom. The summed E-state index contributed by atoms with van der Waals surface area (Å²) in [6.45, 7) is 5.38. The van der Waals surface area contributed by atoms with Crippen LogP contribution in [0.4, 0.5) is 0 Å². The second kappa shape index (κ2) is 7.47. The molecule has 0 saturated heterocycles. The van der Waals surface area contributed by atoms with Crippen LogP contribution in [0.2, 0.25) is 0 Å². The second-order valence-corrected chi connectivity index (χ2v) is 6.25. The van der Waals surface area contributed by atoms with Crippen molar-refractivity contribution < 1.29 is 19.0 Å². The summed E-state index contributed by atoms with van der Waals surface area (Å²) in [5, 5.41) is 0. The van der Waals surface area contributed by atoms with Gasteiger partial charge in [-0.25, -0.2) is 0 Å². The molecule has 1 heterocycles. The molecule has 0 aliphatic carbocycles. The van der Waals surface area contributed by atoms with Crippen molar-refractivity contribution in [1.29, 1.82) is 0 Å². The minimum Gasteiger partial charge on any atom is -0.486 e. The van der Waals surface area contributed by atoms with E-state index in [1.807, 2.05) is 49.4 Å². The minimum atomic E-state index is -0.551. The number of likely N-dealkylation sites (N-methyl/N-ethyl adjacent to an activating group) is 1. The van der Waals surface area contributed by atoms with Gasteiger partial charge in [-0.2, -0.15) is 0 Å². The monoisotopic (exact) mass is 341 g/mol. The lowest BCUT2D eigenvalue weighted by Crippen LogP contribution is -2.37. The van der Waals surface area contributed by atoms with Crippen LogP contribution in [-0.2, 0) is 11.3 Å². The highest BCUT2D eigenvalue weighted by molar-refractivity contribution is 5.80.